The predicted molar refractivity (Wildman–Crippen MR) is 73.9 cm³/mol. The van der Waals surface area contributed by atoms with Gasteiger partial charge in [0.25, 0.3) is 0 Å². The van der Waals surface area contributed by atoms with E-state index in [9.17, 15) is 0 Å². The van der Waals surface area contributed by atoms with Crippen molar-refractivity contribution in [1.82, 2.24) is 4.90 Å². The van der Waals surface area contributed by atoms with Crippen molar-refractivity contribution in [2.24, 2.45) is 0 Å². The van der Waals surface area contributed by atoms with Crippen molar-refractivity contribution in [3.8, 4) is 5.75 Å². The monoisotopic (exact) mass is 245 g/mol. The molecule has 0 saturated carbocycles. The summed E-state index contributed by atoms with van der Waals surface area (Å²) in [6, 6.07) is 5.76. The fourth-order valence-electron chi connectivity index (χ4n) is 2.13. The summed E-state index contributed by atoms with van der Waals surface area (Å²) < 4.78 is 11.1. The maximum absolute atomic E-state index is 5.77. The quantitative estimate of drug-likeness (QED) is 0.568. The van der Waals surface area contributed by atoms with Gasteiger partial charge in [0, 0.05) is 19.6 Å². The van der Waals surface area contributed by atoms with Crippen LogP contribution in [0.25, 0.3) is 0 Å². The van der Waals surface area contributed by atoms with Crippen molar-refractivity contribution < 1.29 is 9.47 Å². The summed E-state index contributed by atoms with van der Waals surface area (Å²) >= 11 is 0. The molecule has 0 spiro atoms. The molecule has 2 rings (SSSR count). The first kappa shape index (κ1) is 13.4. The normalized spacial score (nSPS) is 16.7. The predicted octanol–water partition coefficient (Wildman–Crippen LogP) is 0.890. The Morgan fingerprint density at radius 2 is 2.11 bits per heavy atom. The minimum atomic E-state index is 0.752. The standard InChI is InChI=1S/C14H20BNO2/c1-12-11-13(15)3-4-14(12)18-8-2-5-16-6-9-17-10-7-16/h3-4,11H,2,5-10H2,1H3. The SMILES string of the molecule is [B]c1ccc(OCCCN2CCOCC2)c(C)c1. The Morgan fingerprint density at radius 1 is 1.33 bits per heavy atom. The first-order chi connectivity index (χ1) is 8.75. The van der Waals surface area contributed by atoms with Gasteiger partial charge >= 0.3 is 0 Å². The maximum atomic E-state index is 5.77. The molecule has 1 aromatic carbocycles. The summed E-state index contributed by atoms with van der Waals surface area (Å²) in [5.74, 6) is 0.936. The number of hydrogen-bond donors (Lipinski definition) is 0. The summed E-state index contributed by atoms with van der Waals surface area (Å²) in [5, 5.41) is 0. The van der Waals surface area contributed by atoms with Crippen molar-refractivity contribution in [2.45, 2.75) is 13.3 Å². The molecular formula is C14H20BNO2. The lowest BCUT2D eigenvalue weighted by atomic mass is 9.94. The van der Waals surface area contributed by atoms with E-state index in [-0.39, 0.29) is 0 Å². The second kappa shape index (κ2) is 6.81. The van der Waals surface area contributed by atoms with Crippen LogP contribution in [0.15, 0.2) is 18.2 Å². The van der Waals surface area contributed by atoms with Crippen molar-refractivity contribution in [3.63, 3.8) is 0 Å². The average molecular weight is 245 g/mol. The molecule has 1 aliphatic rings. The smallest absolute Gasteiger partial charge is 0.122 e. The minimum Gasteiger partial charge on any atom is -0.493 e. The van der Waals surface area contributed by atoms with Crippen LogP contribution in [-0.2, 0) is 4.74 Å². The van der Waals surface area contributed by atoms with Crippen LogP contribution in [-0.4, -0.2) is 52.2 Å². The molecule has 0 aliphatic carbocycles. The lowest BCUT2D eigenvalue weighted by Gasteiger charge is -2.26. The Labute approximate surface area is 110 Å². The van der Waals surface area contributed by atoms with E-state index in [1.54, 1.807) is 0 Å². The Kier molecular flexibility index (Phi) is 5.08. The third-order valence-electron chi connectivity index (χ3n) is 3.18. The molecule has 1 fully saturated rings. The van der Waals surface area contributed by atoms with Crippen LogP contribution in [0.5, 0.6) is 5.75 Å². The third-order valence-corrected chi connectivity index (χ3v) is 3.18. The van der Waals surface area contributed by atoms with Crippen LogP contribution in [0.1, 0.15) is 12.0 Å². The average Bonchev–Trinajstić information content (AvgIpc) is 2.38. The molecular weight excluding hydrogens is 225 g/mol. The fourth-order valence-corrected chi connectivity index (χ4v) is 2.13. The first-order valence-corrected chi connectivity index (χ1v) is 6.55. The molecule has 0 atom stereocenters. The number of morpholine rings is 1. The van der Waals surface area contributed by atoms with Crippen molar-refractivity contribution in [3.05, 3.63) is 23.8 Å². The number of rotatable bonds is 5. The Bertz CT molecular complexity index is 378. The molecule has 1 heterocycles. The molecule has 1 aliphatic heterocycles. The lowest BCUT2D eigenvalue weighted by Crippen LogP contribution is -2.37. The topological polar surface area (TPSA) is 21.7 Å². The molecule has 0 amide bonds. The van der Waals surface area contributed by atoms with Gasteiger partial charge in [0.05, 0.1) is 19.8 Å². The molecule has 0 bridgehead atoms. The van der Waals surface area contributed by atoms with Crippen LogP contribution in [0.4, 0.5) is 0 Å². The van der Waals surface area contributed by atoms with Crippen LogP contribution in [0, 0.1) is 6.92 Å². The Balaban J connectivity index is 1.68. The Hall–Kier alpha value is -0.995. The Morgan fingerprint density at radius 3 is 2.83 bits per heavy atom. The van der Waals surface area contributed by atoms with Gasteiger partial charge in [-0.1, -0.05) is 17.6 Å². The number of benzene rings is 1. The second-order valence-corrected chi connectivity index (χ2v) is 4.68. The number of aryl methyl sites for hydroxylation is 1. The molecule has 1 aromatic rings. The zero-order valence-corrected chi connectivity index (χ0v) is 11.0. The van der Waals surface area contributed by atoms with Gasteiger partial charge < -0.3 is 9.47 Å². The number of ether oxygens (including phenoxy) is 2. The van der Waals surface area contributed by atoms with Crippen molar-refractivity contribution in [2.75, 3.05) is 39.5 Å². The molecule has 4 heteroatoms. The zero-order valence-electron chi connectivity index (χ0n) is 11.0. The summed E-state index contributed by atoms with van der Waals surface area (Å²) in [6.07, 6.45) is 1.05. The van der Waals surface area contributed by atoms with E-state index in [2.05, 4.69) is 4.90 Å². The molecule has 3 nitrogen and oxygen atoms in total. The van der Waals surface area contributed by atoms with E-state index in [1.165, 1.54) is 0 Å². The van der Waals surface area contributed by atoms with Gasteiger partial charge in [-0.15, -0.1) is 0 Å². The van der Waals surface area contributed by atoms with E-state index >= 15 is 0 Å². The van der Waals surface area contributed by atoms with Gasteiger partial charge in [0.15, 0.2) is 0 Å². The highest BCUT2D eigenvalue weighted by molar-refractivity contribution is 6.32. The van der Waals surface area contributed by atoms with Crippen LogP contribution in [0.2, 0.25) is 0 Å². The molecule has 0 unspecified atom stereocenters. The van der Waals surface area contributed by atoms with E-state index in [0.29, 0.717) is 0 Å². The molecule has 2 radical (unpaired) electrons. The molecule has 1 saturated heterocycles. The van der Waals surface area contributed by atoms with Crippen LogP contribution < -0.4 is 10.2 Å². The number of nitrogens with zero attached hydrogens (tertiary/aromatic N) is 1. The van der Waals surface area contributed by atoms with E-state index < -0.39 is 0 Å². The van der Waals surface area contributed by atoms with Gasteiger partial charge in [0.2, 0.25) is 0 Å². The fraction of sp³-hybridized carbons (Fsp3) is 0.571. The summed E-state index contributed by atoms with van der Waals surface area (Å²) in [4.78, 5) is 2.42. The van der Waals surface area contributed by atoms with E-state index in [1.807, 2.05) is 25.1 Å². The first-order valence-electron chi connectivity index (χ1n) is 6.55. The molecule has 96 valence electrons. The third kappa shape index (κ3) is 4.04. The molecule has 18 heavy (non-hydrogen) atoms. The minimum absolute atomic E-state index is 0.752. The van der Waals surface area contributed by atoms with Crippen LogP contribution >= 0.6 is 0 Å². The van der Waals surface area contributed by atoms with Crippen molar-refractivity contribution in [1.29, 1.82) is 0 Å². The highest BCUT2D eigenvalue weighted by Gasteiger charge is 2.09. The summed E-state index contributed by atoms with van der Waals surface area (Å²) in [5.41, 5.74) is 1.88. The van der Waals surface area contributed by atoms with Gasteiger partial charge in [-0.05, 0) is 25.0 Å². The highest BCUT2D eigenvalue weighted by atomic mass is 16.5. The summed E-state index contributed by atoms with van der Waals surface area (Å²) in [7, 11) is 5.71. The van der Waals surface area contributed by atoms with Gasteiger partial charge in [-0.25, -0.2) is 0 Å². The maximum Gasteiger partial charge on any atom is 0.122 e. The molecule has 0 aromatic heterocycles. The lowest BCUT2D eigenvalue weighted by molar-refractivity contribution is 0.0358. The summed E-state index contributed by atoms with van der Waals surface area (Å²) in [6.45, 7) is 7.66. The second-order valence-electron chi connectivity index (χ2n) is 4.68. The highest BCUT2D eigenvalue weighted by Crippen LogP contribution is 2.15. The van der Waals surface area contributed by atoms with E-state index in [4.69, 9.17) is 17.3 Å². The van der Waals surface area contributed by atoms with E-state index in [0.717, 1.165) is 62.7 Å². The number of hydrogen-bond acceptors (Lipinski definition) is 3. The van der Waals surface area contributed by atoms with Crippen LogP contribution in [0.3, 0.4) is 0 Å². The van der Waals surface area contributed by atoms with Gasteiger partial charge in [0.1, 0.15) is 13.6 Å². The largest absolute Gasteiger partial charge is 0.493 e. The van der Waals surface area contributed by atoms with Crippen molar-refractivity contribution >= 4 is 13.3 Å². The molecule has 0 N–H and O–H groups in total. The van der Waals surface area contributed by atoms with Gasteiger partial charge in [-0.2, -0.15) is 0 Å². The zero-order chi connectivity index (χ0) is 12.8. The van der Waals surface area contributed by atoms with Gasteiger partial charge in [-0.3, -0.25) is 4.90 Å².